The minimum atomic E-state index is -4.40. The molecule has 82 heavy (non-hydrogen) atoms. The maximum absolute atomic E-state index is 12.9. The van der Waals surface area contributed by atoms with Crippen molar-refractivity contribution >= 4 is 19.8 Å². The molecule has 0 saturated carbocycles. The van der Waals surface area contributed by atoms with Gasteiger partial charge in [-0.2, -0.15) is 0 Å². The highest BCUT2D eigenvalue weighted by molar-refractivity contribution is 7.47. The van der Waals surface area contributed by atoms with Crippen LogP contribution < -0.4 is 0 Å². The third kappa shape index (κ3) is 65.6. The first-order chi connectivity index (χ1) is 40.0. The van der Waals surface area contributed by atoms with E-state index in [9.17, 15) is 19.0 Å². The van der Waals surface area contributed by atoms with Crippen molar-refractivity contribution in [3.8, 4) is 0 Å². The van der Waals surface area contributed by atoms with Crippen LogP contribution in [0, 0.1) is 0 Å². The van der Waals surface area contributed by atoms with Crippen LogP contribution >= 0.6 is 7.82 Å². The van der Waals surface area contributed by atoms with Gasteiger partial charge in [0.05, 0.1) is 27.7 Å². The Morgan fingerprint density at radius 3 is 0.976 bits per heavy atom. The van der Waals surface area contributed by atoms with Crippen molar-refractivity contribution in [3.05, 3.63) is 122 Å². The molecule has 0 fully saturated rings. The van der Waals surface area contributed by atoms with E-state index in [0.717, 1.165) is 116 Å². The van der Waals surface area contributed by atoms with Crippen LogP contribution in [0.15, 0.2) is 122 Å². The van der Waals surface area contributed by atoms with Gasteiger partial charge in [-0.05, 0) is 103 Å². The summed E-state index contributed by atoms with van der Waals surface area (Å²) in [6, 6.07) is 0. The van der Waals surface area contributed by atoms with Gasteiger partial charge in [0.25, 0.3) is 0 Å². The molecule has 0 rings (SSSR count). The second kappa shape index (κ2) is 62.0. The lowest BCUT2D eigenvalue weighted by molar-refractivity contribution is -0.870. The van der Waals surface area contributed by atoms with Gasteiger partial charge in [-0.3, -0.25) is 18.6 Å². The lowest BCUT2D eigenvalue weighted by Crippen LogP contribution is -2.37. The molecule has 0 spiro atoms. The zero-order chi connectivity index (χ0) is 59.8. The number of allylic oxidation sites excluding steroid dienone is 20. The van der Waals surface area contributed by atoms with E-state index in [-0.39, 0.29) is 32.0 Å². The number of phosphoric acid groups is 1. The number of quaternary nitrogens is 1. The molecular weight excluding hydrogens is 1040 g/mol. The molecule has 0 heterocycles. The number of hydrogen-bond donors (Lipinski definition) is 1. The summed E-state index contributed by atoms with van der Waals surface area (Å²) in [6.45, 7) is 4.19. The van der Waals surface area contributed by atoms with Crippen LogP contribution in [0.5, 0.6) is 0 Å². The van der Waals surface area contributed by atoms with E-state index in [4.69, 9.17) is 18.5 Å². The number of esters is 2. The Morgan fingerprint density at radius 1 is 0.378 bits per heavy atom. The van der Waals surface area contributed by atoms with Crippen LogP contribution in [-0.4, -0.2) is 74.9 Å². The quantitative estimate of drug-likeness (QED) is 0.0211. The van der Waals surface area contributed by atoms with E-state index >= 15 is 0 Å². The summed E-state index contributed by atoms with van der Waals surface area (Å²) < 4.78 is 34.6. The third-order valence-electron chi connectivity index (χ3n) is 14.0. The molecule has 2 atom stereocenters. The van der Waals surface area contributed by atoms with Crippen molar-refractivity contribution in [1.29, 1.82) is 0 Å². The number of rotatable bonds is 60. The van der Waals surface area contributed by atoms with Crippen molar-refractivity contribution in [2.45, 2.75) is 277 Å². The molecule has 0 aromatic carbocycles. The van der Waals surface area contributed by atoms with Gasteiger partial charge in [-0.15, -0.1) is 0 Å². The topological polar surface area (TPSA) is 108 Å². The number of carbonyl (C=O) groups excluding carboxylic acids is 2. The molecule has 2 unspecified atom stereocenters. The van der Waals surface area contributed by atoms with Gasteiger partial charge in [0.15, 0.2) is 6.10 Å². The normalized spacial score (nSPS) is 14.0. The zero-order valence-electron chi connectivity index (χ0n) is 53.4. The minimum Gasteiger partial charge on any atom is -0.462 e. The summed E-state index contributed by atoms with van der Waals surface area (Å²) in [6.07, 6.45) is 88.7. The van der Waals surface area contributed by atoms with Gasteiger partial charge in [0.2, 0.25) is 0 Å². The maximum Gasteiger partial charge on any atom is 0.472 e. The first kappa shape index (κ1) is 78.4. The number of carbonyl (C=O) groups is 2. The largest absolute Gasteiger partial charge is 0.472 e. The Labute approximate surface area is 505 Å². The van der Waals surface area contributed by atoms with E-state index in [1.165, 1.54) is 116 Å². The van der Waals surface area contributed by atoms with Gasteiger partial charge in [-0.1, -0.05) is 277 Å². The van der Waals surface area contributed by atoms with E-state index in [2.05, 4.69) is 135 Å². The van der Waals surface area contributed by atoms with Crippen LogP contribution in [0.1, 0.15) is 271 Å². The molecule has 0 amide bonds. The molecule has 10 heteroatoms. The second-order valence-electron chi connectivity index (χ2n) is 23.1. The summed E-state index contributed by atoms with van der Waals surface area (Å²) in [4.78, 5) is 35.8. The molecule has 0 aromatic heterocycles. The lowest BCUT2D eigenvalue weighted by Gasteiger charge is -2.24. The molecule has 0 aliphatic carbocycles. The molecule has 0 bridgehead atoms. The molecule has 0 aliphatic heterocycles. The number of nitrogens with zero attached hydrogens (tertiary/aromatic N) is 1. The Bertz CT molecular complexity index is 1800. The molecular formula is C72H125NO8P+. The van der Waals surface area contributed by atoms with Gasteiger partial charge in [0.1, 0.15) is 19.8 Å². The van der Waals surface area contributed by atoms with Crippen LogP contribution in [0.2, 0.25) is 0 Å². The molecule has 9 nitrogen and oxygen atoms in total. The predicted molar refractivity (Wildman–Crippen MR) is 353 cm³/mol. The van der Waals surface area contributed by atoms with Crippen molar-refractivity contribution in [3.63, 3.8) is 0 Å². The zero-order valence-corrected chi connectivity index (χ0v) is 54.3. The molecule has 470 valence electrons. The number of likely N-dealkylation sites (N-methyl/N-ethyl adjacent to an activating group) is 1. The first-order valence-electron chi connectivity index (χ1n) is 33.3. The molecule has 0 radical (unpaired) electrons. The Balaban J connectivity index is 4.04. The monoisotopic (exact) mass is 1160 g/mol. The smallest absolute Gasteiger partial charge is 0.462 e. The standard InChI is InChI=1S/C72H124NO8P/c1-6-8-10-12-14-16-18-20-22-24-26-28-29-30-31-32-33-34-35-36-37-38-39-40-41-42-43-45-47-49-51-53-55-57-59-61-63-65-72(75)81-70(69-80-82(76,77)79-67-66-73(3,4)5)68-78-71(74)64-62-60-58-56-54-52-50-48-46-44-27-25-23-21-19-17-15-13-11-9-7-2/h8-11,14-17,20-23,26-28,30-31,44,48,50,70H,6-7,12-13,18-19,24-25,29,32-43,45-47,49,51-69H2,1-5H3/p+1/b10-8-,11-9-,16-14-,17-15-,22-20-,23-21-,28-26-,31-30-,44-27-,50-48-. The molecule has 0 aromatic rings. The third-order valence-corrected chi connectivity index (χ3v) is 15.0. The number of ether oxygens (including phenoxy) is 2. The highest BCUT2D eigenvalue weighted by atomic mass is 31.2. The highest BCUT2D eigenvalue weighted by Gasteiger charge is 2.27. The van der Waals surface area contributed by atoms with E-state index in [0.29, 0.717) is 23.9 Å². The summed E-state index contributed by atoms with van der Waals surface area (Å²) in [5, 5.41) is 0. The molecule has 0 aliphatic rings. The Hall–Kier alpha value is -3.59. The Morgan fingerprint density at radius 2 is 0.659 bits per heavy atom. The maximum atomic E-state index is 12.9. The van der Waals surface area contributed by atoms with Crippen LogP contribution in [-0.2, 0) is 32.7 Å². The van der Waals surface area contributed by atoms with E-state index < -0.39 is 26.5 Å². The van der Waals surface area contributed by atoms with Crippen LogP contribution in [0.25, 0.3) is 0 Å². The molecule has 0 saturated heterocycles. The Kier molecular flexibility index (Phi) is 59.2. The number of hydrogen-bond acceptors (Lipinski definition) is 7. The summed E-state index contributed by atoms with van der Waals surface area (Å²) in [5.41, 5.74) is 0. The van der Waals surface area contributed by atoms with Crippen molar-refractivity contribution in [2.75, 3.05) is 47.5 Å². The highest BCUT2D eigenvalue weighted by Crippen LogP contribution is 2.43. The summed E-state index contributed by atoms with van der Waals surface area (Å²) >= 11 is 0. The van der Waals surface area contributed by atoms with Gasteiger partial charge < -0.3 is 18.9 Å². The fourth-order valence-electron chi connectivity index (χ4n) is 8.95. The summed E-state index contributed by atoms with van der Waals surface area (Å²) in [7, 11) is 1.46. The van der Waals surface area contributed by atoms with Gasteiger partial charge >= 0.3 is 19.8 Å². The van der Waals surface area contributed by atoms with Crippen molar-refractivity contribution in [2.24, 2.45) is 0 Å². The van der Waals surface area contributed by atoms with Gasteiger partial charge in [-0.25, -0.2) is 4.57 Å². The lowest BCUT2D eigenvalue weighted by atomic mass is 10.0. The average Bonchev–Trinajstić information content (AvgIpc) is 3.46. The number of phosphoric ester groups is 1. The summed E-state index contributed by atoms with van der Waals surface area (Å²) in [5.74, 6) is -0.817. The minimum absolute atomic E-state index is 0.0241. The molecule has 1 N–H and O–H groups in total. The fourth-order valence-corrected chi connectivity index (χ4v) is 9.69. The van der Waals surface area contributed by atoms with Crippen LogP contribution in [0.4, 0.5) is 0 Å². The predicted octanol–water partition coefficient (Wildman–Crippen LogP) is 21.5. The second-order valence-corrected chi connectivity index (χ2v) is 24.5. The van der Waals surface area contributed by atoms with Crippen molar-refractivity contribution < 1.29 is 42.1 Å². The van der Waals surface area contributed by atoms with E-state index in [1.807, 2.05) is 21.1 Å². The fraction of sp³-hybridized carbons (Fsp3) is 0.694. The number of unbranched alkanes of at least 4 members (excludes halogenated alkanes) is 26. The van der Waals surface area contributed by atoms with Crippen LogP contribution in [0.3, 0.4) is 0 Å². The van der Waals surface area contributed by atoms with Gasteiger partial charge in [0, 0.05) is 12.8 Å². The first-order valence-corrected chi connectivity index (χ1v) is 34.8. The van der Waals surface area contributed by atoms with Crippen molar-refractivity contribution in [1.82, 2.24) is 0 Å². The van der Waals surface area contributed by atoms with E-state index in [1.54, 1.807) is 0 Å². The SMILES string of the molecule is CC/C=C\C/C=C\C/C=C\C/C=C\C/C=C\CCCCCCCCCCCCCCCCCCCCCCCC(=O)OC(COC(=O)CCCCCCC/C=C\C/C=C\C/C=C\C/C=C\C/C=C\CC)COP(=O)(O)OCC[N+](C)(C)C. The average molecular weight is 1160 g/mol.